The molecule has 162 valence electrons. The third-order valence-electron chi connectivity index (χ3n) is 4.09. The van der Waals surface area contributed by atoms with Gasteiger partial charge < -0.3 is 0 Å². The van der Waals surface area contributed by atoms with Gasteiger partial charge in [-0.2, -0.15) is 0 Å². The molecule has 2 saturated carbocycles. The zero-order valence-electron chi connectivity index (χ0n) is 15.3. The predicted octanol–water partition coefficient (Wildman–Crippen LogP) is 2.16. The SMILES string of the molecule is C.C.CC(C)C(=O)NS(=O)(=O)C1(C)CC1.CC(C)C(=O)NS(=O)(=O)C1CC1. The number of hydrogen-bond donors (Lipinski definition) is 2. The monoisotopic (exact) mass is 428 g/mol. The van der Waals surface area contributed by atoms with Gasteiger partial charge in [0.1, 0.15) is 0 Å². The number of hydrogen-bond acceptors (Lipinski definition) is 6. The number of amides is 2. The lowest BCUT2D eigenvalue weighted by Crippen LogP contribution is -2.40. The molecule has 2 amide bonds. The summed E-state index contributed by atoms with van der Waals surface area (Å²) in [5.74, 6) is -1.41. The van der Waals surface area contributed by atoms with Gasteiger partial charge in [0.2, 0.25) is 31.9 Å². The molecule has 0 spiro atoms. The van der Waals surface area contributed by atoms with Crippen LogP contribution in [0.15, 0.2) is 0 Å². The molecule has 0 atom stereocenters. The van der Waals surface area contributed by atoms with E-state index < -0.39 is 36.6 Å². The van der Waals surface area contributed by atoms with Crippen LogP contribution in [0.4, 0.5) is 0 Å². The Bertz CT molecular complexity index is 719. The van der Waals surface area contributed by atoms with Gasteiger partial charge in [0.15, 0.2) is 0 Å². The Morgan fingerprint density at radius 2 is 1.22 bits per heavy atom. The molecular formula is C17H36N2O6S2. The van der Waals surface area contributed by atoms with Gasteiger partial charge in [-0.15, -0.1) is 0 Å². The molecule has 0 aromatic heterocycles. The van der Waals surface area contributed by atoms with Gasteiger partial charge in [0.25, 0.3) is 0 Å². The molecule has 2 fully saturated rings. The van der Waals surface area contributed by atoms with Gasteiger partial charge in [-0.25, -0.2) is 16.8 Å². The molecule has 2 N–H and O–H groups in total. The molecule has 27 heavy (non-hydrogen) atoms. The van der Waals surface area contributed by atoms with Crippen LogP contribution in [-0.4, -0.2) is 38.6 Å². The number of nitrogens with one attached hydrogen (secondary N) is 2. The summed E-state index contributed by atoms with van der Waals surface area (Å²) in [6.07, 6.45) is 2.66. The van der Waals surface area contributed by atoms with Gasteiger partial charge in [0.05, 0.1) is 10.00 Å². The minimum Gasteiger partial charge on any atom is -0.274 e. The lowest BCUT2D eigenvalue weighted by molar-refractivity contribution is -0.123. The Hall–Kier alpha value is -1.16. The number of carbonyl (C=O) groups is 2. The first-order valence-electron chi connectivity index (χ1n) is 8.33. The molecule has 2 rings (SSSR count). The summed E-state index contributed by atoms with van der Waals surface area (Å²) in [6.45, 7) is 8.32. The molecule has 8 nitrogen and oxygen atoms in total. The molecule has 0 aromatic carbocycles. The number of sulfonamides is 2. The minimum atomic E-state index is -3.43. The zero-order chi connectivity index (χ0) is 19.6. The molecule has 2 aliphatic carbocycles. The zero-order valence-corrected chi connectivity index (χ0v) is 17.0. The maximum atomic E-state index is 11.5. The Balaban J connectivity index is 0. The summed E-state index contributed by atoms with van der Waals surface area (Å²) >= 11 is 0. The number of rotatable bonds is 6. The van der Waals surface area contributed by atoms with Crippen molar-refractivity contribution in [2.45, 2.75) is 85.2 Å². The van der Waals surface area contributed by atoms with Crippen LogP contribution < -0.4 is 9.44 Å². The van der Waals surface area contributed by atoms with E-state index in [4.69, 9.17) is 0 Å². The maximum absolute atomic E-state index is 11.5. The van der Waals surface area contributed by atoms with Gasteiger partial charge in [-0.3, -0.25) is 19.0 Å². The number of carbonyl (C=O) groups excluding carboxylic acids is 2. The fraction of sp³-hybridized carbons (Fsp3) is 0.882. The highest BCUT2D eigenvalue weighted by atomic mass is 32.2. The van der Waals surface area contributed by atoms with Crippen molar-refractivity contribution in [3.63, 3.8) is 0 Å². The van der Waals surface area contributed by atoms with Crippen molar-refractivity contribution >= 4 is 31.9 Å². The van der Waals surface area contributed by atoms with Crippen molar-refractivity contribution in [3.05, 3.63) is 0 Å². The van der Waals surface area contributed by atoms with Crippen molar-refractivity contribution < 1.29 is 26.4 Å². The minimum absolute atomic E-state index is 0. The Labute approximate surface area is 165 Å². The topological polar surface area (TPSA) is 126 Å². The molecule has 0 bridgehead atoms. The van der Waals surface area contributed by atoms with Gasteiger partial charge >= 0.3 is 0 Å². The quantitative estimate of drug-likeness (QED) is 0.667. The van der Waals surface area contributed by atoms with E-state index in [9.17, 15) is 26.4 Å². The molecule has 0 unspecified atom stereocenters. The van der Waals surface area contributed by atoms with Gasteiger partial charge in [0, 0.05) is 11.8 Å². The predicted molar refractivity (Wildman–Crippen MR) is 108 cm³/mol. The lowest BCUT2D eigenvalue weighted by atomic mass is 10.2. The van der Waals surface area contributed by atoms with E-state index in [0.717, 1.165) is 0 Å². The second-order valence-electron chi connectivity index (χ2n) is 7.44. The summed E-state index contributed by atoms with van der Waals surface area (Å²) < 4.78 is 48.8. The molecule has 0 radical (unpaired) electrons. The molecule has 0 aromatic rings. The largest absolute Gasteiger partial charge is 0.274 e. The summed E-state index contributed by atoms with van der Waals surface area (Å²) in [7, 11) is -6.76. The van der Waals surface area contributed by atoms with E-state index in [1.807, 2.05) is 0 Å². The van der Waals surface area contributed by atoms with Crippen molar-refractivity contribution in [3.8, 4) is 0 Å². The Kier molecular flexibility index (Phi) is 10.2. The second kappa shape index (κ2) is 9.86. The Morgan fingerprint density at radius 3 is 1.52 bits per heavy atom. The first-order valence-corrected chi connectivity index (χ1v) is 11.4. The van der Waals surface area contributed by atoms with Crippen LogP contribution in [0, 0.1) is 11.8 Å². The van der Waals surface area contributed by atoms with Crippen molar-refractivity contribution in [2.75, 3.05) is 0 Å². The van der Waals surface area contributed by atoms with E-state index >= 15 is 0 Å². The molecule has 0 saturated heterocycles. The van der Waals surface area contributed by atoms with Crippen LogP contribution in [0.3, 0.4) is 0 Å². The second-order valence-corrected chi connectivity index (χ2v) is 11.6. The summed E-state index contributed by atoms with van der Waals surface area (Å²) in [5, 5.41) is -0.319. The fourth-order valence-electron chi connectivity index (χ4n) is 1.54. The standard InChI is InChI=1S/C8H15NO3S.C7H13NO3S.2CH4/c1-6(2)7(10)9-13(11,12)8(3)4-5-8;1-5(2)7(9)8-12(10,11)6-3-4-6;;/h6H,4-5H2,1-3H3,(H,9,10);5-6H,3-4H2,1-2H3,(H,8,9);2*1H4. The smallest absolute Gasteiger partial charge is 0.240 e. The van der Waals surface area contributed by atoms with E-state index in [2.05, 4.69) is 9.44 Å². The van der Waals surface area contributed by atoms with Crippen molar-refractivity contribution in [1.29, 1.82) is 0 Å². The summed E-state index contributed by atoms with van der Waals surface area (Å²) in [4.78, 5) is 22.1. The molecule has 0 aliphatic heterocycles. The van der Waals surface area contributed by atoms with E-state index in [1.165, 1.54) is 0 Å². The highest BCUT2D eigenvalue weighted by molar-refractivity contribution is 7.91. The van der Waals surface area contributed by atoms with E-state index in [0.29, 0.717) is 25.7 Å². The van der Waals surface area contributed by atoms with E-state index in [1.54, 1.807) is 34.6 Å². The first kappa shape index (κ1) is 28.1. The average Bonchev–Trinajstić information content (AvgIpc) is 3.32. The first-order chi connectivity index (χ1) is 11.2. The molecular weight excluding hydrogens is 392 g/mol. The van der Waals surface area contributed by atoms with Gasteiger partial charge in [-0.05, 0) is 32.6 Å². The lowest BCUT2D eigenvalue weighted by Gasteiger charge is -2.13. The normalized spacial score (nSPS) is 17.6. The van der Waals surface area contributed by atoms with Crippen LogP contribution in [0.2, 0.25) is 0 Å². The Morgan fingerprint density at radius 1 is 0.852 bits per heavy atom. The summed E-state index contributed by atoms with van der Waals surface area (Å²) in [5.41, 5.74) is 0. The summed E-state index contributed by atoms with van der Waals surface area (Å²) in [6, 6.07) is 0. The van der Waals surface area contributed by atoms with Crippen LogP contribution in [0.1, 0.15) is 75.2 Å². The van der Waals surface area contributed by atoms with Crippen LogP contribution in [-0.2, 0) is 29.6 Å². The molecule has 0 heterocycles. The highest BCUT2D eigenvalue weighted by Crippen LogP contribution is 2.42. The third-order valence-corrected chi connectivity index (χ3v) is 8.10. The van der Waals surface area contributed by atoms with Crippen molar-refractivity contribution in [2.24, 2.45) is 11.8 Å². The van der Waals surface area contributed by atoms with Crippen LogP contribution in [0.5, 0.6) is 0 Å². The van der Waals surface area contributed by atoms with Crippen LogP contribution in [0.25, 0.3) is 0 Å². The van der Waals surface area contributed by atoms with E-state index in [-0.39, 0.29) is 31.9 Å². The third kappa shape index (κ3) is 8.16. The van der Waals surface area contributed by atoms with Gasteiger partial charge in [-0.1, -0.05) is 42.5 Å². The molecule has 10 heteroatoms. The highest BCUT2D eigenvalue weighted by Gasteiger charge is 2.50. The van der Waals surface area contributed by atoms with Crippen molar-refractivity contribution in [1.82, 2.24) is 9.44 Å². The van der Waals surface area contributed by atoms with Crippen LogP contribution >= 0.6 is 0 Å². The maximum Gasteiger partial charge on any atom is 0.240 e. The average molecular weight is 429 g/mol. The molecule has 2 aliphatic rings. The fourth-order valence-corrected chi connectivity index (χ4v) is 4.36.